The van der Waals surface area contributed by atoms with Crippen molar-refractivity contribution in [3.8, 4) is 0 Å². The Morgan fingerprint density at radius 2 is 1.94 bits per heavy atom. The Labute approximate surface area is 96.2 Å². The SMILES string of the molecule is O=C(O)c1ccc(=O)n(Cc2ccncc2)n1. The first-order chi connectivity index (χ1) is 8.16. The lowest BCUT2D eigenvalue weighted by Gasteiger charge is -2.04. The van der Waals surface area contributed by atoms with Crippen LogP contribution in [0.1, 0.15) is 16.1 Å². The van der Waals surface area contributed by atoms with E-state index in [0.29, 0.717) is 0 Å². The third-order valence-corrected chi connectivity index (χ3v) is 2.17. The Morgan fingerprint density at radius 1 is 1.24 bits per heavy atom. The van der Waals surface area contributed by atoms with Gasteiger partial charge in [-0.3, -0.25) is 9.78 Å². The van der Waals surface area contributed by atoms with Gasteiger partial charge in [0, 0.05) is 18.5 Å². The van der Waals surface area contributed by atoms with Crippen LogP contribution in [0.15, 0.2) is 41.5 Å². The van der Waals surface area contributed by atoms with Crippen LogP contribution in [0.5, 0.6) is 0 Å². The van der Waals surface area contributed by atoms with Crippen molar-refractivity contribution >= 4 is 5.97 Å². The minimum absolute atomic E-state index is 0.154. The molecule has 17 heavy (non-hydrogen) atoms. The van der Waals surface area contributed by atoms with Gasteiger partial charge in [0.2, 0.25) is 0 Å². The molecule has 0 spiro atoms. The average molecular weight is 231 g/mol. The zero-order chi connectivity index (χ0) is 12.3. The molecule has 0 aliphatic heterocycles. The van der Waals surface area contributed by atoms with E-state index >= 15 is 0 Å². The summed E-state index contributed by atoms with van der Waals surface area (Å²) in [5.41, 5.74) is 0.336. The molecule has 2 heterocycles. The third-order valence-electron chi connectivity index (χ3n) is 2.17. The fourth-order valence-electron chi connectivity index (χ4n) is 1.34. The quantitative estimate of drug-likeness (QED) is 0.825. The molecule has 0 aliphatic rings. The van der Waals surface area contributed by atoms with Crippen LogP contribution in [-0.2, 0) is 6.54 Å². The fraction of sp³-hybridized carbons (Fsp3) is 0.0909. The molecule has 0 radical (unpaired) electrons. The van der Waals surface area contributed by atoms with Gasteiger partial charge in [-0.2, -0.15) is 5.10 Å². The maximum atomic E-state index is 11.5. The van der Waals surface area contributed by atoms with E-state index in [-0.39, 0.29) is 17.8 Å². The summed E-state index contributed by atoms with van der Waals surface area (Å²) < 4.78 is 1.11. The molecule has 0 saturated heterocycles. The number of carboxylic acids is 1. The van der Waals surface area contributed by atoms with E-state index in [1.54, 1.807) is 24.5 Å². The second-order valence-corrected chi connectivity index (χ2v) is 3.38. The molecule has 6 nitrogen and oxygen atoms in total. The maximum Gasteiger partial charge on any atom is 0.356 e. The smallest absolute Gasteiger partial charge is 0.356 e. The van der Waals surface area contributed by atoms with Crippen molar-refractivity contribution in [2.24, 2.45) is 0 Å². The van der Waals surface area contributed by atoms with E-state index < -0.39 is 5.97 Å². The van der Waals surface area contributed by atoms with Crippen LogP contribution in [0.2, 0.25) is 0 Å². The third kappa shape index (κ3) is 2.54. The Kier molecular flexibility index (Phi) is 2.95. The molecular formula is C11H9N3O3. The van der Waals surface area contributed by atoms with Crippen molar-refractivity contribution in [1.82, 2.24) is 14.8 Å². The van der Waals surface area contributed by atoms with Gasteiger partial charge in [0.15, 0.2) is 5.69 Å². The van der Waals surface area contributed by atoms with E-state index in [2.05, 4.69) is 10.1 Å². The van der Waals surface area contributed by atoms with Gasteiger partial charge in [0.1, 0.15) is 0 Å². The summed E-state index contributed by atoms with van der Waals surface area (Å²) in [6.07, 6.45) is 3.20. The van der Waals surface area contributed by atoms with E-state index in [1.165, 1.54) is 12.1 Å². The molecule has 0 bridgehead atoms. The highest BCUT2D eigenvalue weighted by Gasteiger charge is 2.07. The molecule has 0 saturated carbocycles. The van der Waals surface area contributed by atoms with Crippen molar-refractivity contribution in [3.05, 3.63) is 58.3 Å². The molecule has 1 N–H and O–H groups in total. The van der Waals surface area contributed by atoms with Crippen LogP contribution in [0, 0.1) is 0 Å². The Balaban J connectivity index is 2.36. The predicted molar refractivity (Wildman–Crippen MR) is 58.8 cm³/mol. The van der Waals surface area contributed by atoms with Crippen LogP contribution in [0.4, 0.5) is 0 Å². The lowest BCUT2D eigenvalue weighted by Crippen LogP contribution is -2.24. The molecule has 2 rings (SSSR count). The van der Waals surface area contributed by atoms with E-state index in [0.717, 1.165) is 10.2 Å². The monoisotopic (exact) mass is 231 g/mol. The van der Waals surface area contributed by atoms with Crippen LogP contribution in [-0.4, -0.2) is 25.8 Å². The molecule has 0 amide bonds. The number of aromatic carboxylic acids is 1. The Morgan fingerprint density at radius 3 is 2.59 bits per heavy atom. The van der Waals surface area contributed by atoms with Crippen LogP contribution < -0.4 is 5.56 Å². The topological polar surface area (TPSA) is 85.1 Å². The minimum atomic E-state index is -1.16. The zero-order valence-electron chi connectivity index (χ0n) is 8.78. The molecular weight excluding hydrogens is 222 g/mol. The highest BCUT2D eigenvalue weighted by Crippen LogP contribution is 1.98. The summed E-state index contributed by atoms with van der Waals surface area (Å²) in [4.78, 5) is 26.1. The highest BCUT2D eigenvalue weighted by molar-refractivity contribution is 5.84. The summed E-state index contributed by atoms with van der Waals surface area (Å²) in [5, 5.41) is 12.5. The summed E-state index contributed by atoms with van der Waals surface area (Å²) in [5.74, 6) is -1.16. The van der Waals surface area contributed by atoms with E-state index in [4.69, 9.17) is 5.11 Å². The lowest BCUT2D eigenvalue weighted by molar-refractivity contribution is 0.0687. The van der Waals surface area contributed by atoms with Gasteiger partial charge < -0.3 is 5.11 Å². The van der Waals surface area contributed by atoms with Crippen LogP contribution in [0.3, 0.4) is 0 Å². The average Bonchev–Trinajstić information content (AvgIpc) is 2.33. The first-order valence-electron chi connectivity index (χ1n) is 4.87. The maximum absolute atomic E-state index is 11.5. The summed E-state index contributed by atoms with van der Waals surface area (Å²) in [7, 11) is 0. The first kappa shape index (κ1) is 11.0. The van der Waals surface area contributed by atoms with Crippen molar-refractivity contribution in [3.63, 3.8) is 0 Å². The number of hydrogen-bond donors (Lipinski definition) is 1. The number of pyridine rings is 1. The fourth-order valence-corrected chi connectivity index (χ4v) is 1.34. The van der Waals surface area contributed by atoms with E-state index in [1.807, 2.05) is 0 Å². The summed E-state index contributed by atoms with van der Waals surface area (Å²) in [6.45, 7) is 0.225. The number of rotatable bonds is 3. The van der Waals surface area contributed by atoms with Gasteiger partial charge in [-0.25, -0.2) is 9.48 Å². The van der Waals surface area contributed by atoms with Crippen molar-refractivity contribution < 1.29 is 9.90 Å². The molecule has 0 unspecified atom stereocenters. The molecule has 2 aromatic rings. The van der Waals surface area contributed by atoms with E-state index in [9.17, 15) is 9.59 Å². The second-order valence-electron chi connectivity index (χ2n) is 3.38. The number of aromatic nitrogens is 3. The minimum Gasteiger partial charge on any atom is -0.476 e. The number of nitrogens with zero attached hydrogens (tertiary/aromatic N) is 3. The number of carboxylic acid groups (broad SMARTS) is 1. The Hall–Kier alpha value is -2.50. The lowest BCUT2D eigenvalue weighted by atomic mass is 10.3. The molecule has 0 aliphatic carbocycles. The van der Waals surface area contributed by atoms with Gasteiger partial charge in [0.25, 0.3) is 5.56 Å². The molecule has 0 atom stereocenters. The molecule has 0 fully saturated rings. The molecule has 2 aromatic heterocycles. The van der Waals surface area contributed by atoms with Gasteiger partial charge in [-0.1, -0.05) is 0 Å². The van der Waals surface area contributed by atoms with Gasteiger partial charge in [0.05, 0.1) is 6.54 Å². The zero-order valence-corrected chi connectivity index (χ0v) is 8.78. The van der Waals surface area contributed by atoms with Gasteiger partial charge >= 0.3 is 5.97 Å². The predicted octanol–water partition coefficient (Wildman–Crippen LogP) is 0.385. The van der Waals surface area contributed by atoms with Gasteiger partial charge in [-0.05, 0) is 23.8 Å². The first-order valence-corrected chi connectivity index (χ1v) is 4.87. The largest absolute Gasteiger partial charge is 0.476 e. The summed E-state index contributed by atoms with van der Waals surface area (Å²) in [6, 6.07) is 5.86. The second kappa shape index (κ2) is 4.56. The van der Waals surface area contributed by atoms with Crippen molar-refractivity contribution in [2.45, 2.75) is 6.54 Å². The van der Waals surface area contributed by atoms with Crippen molar-refractivity contribution in [1.29, 1.82) is 0 Å². The standard InChI is InChI=1S/C11H9N3O3/c15-10-2-1-9(11(16)17)13-14(10)7-8-3-5-12-6-4-8/h1-6H,7H2,(H,16,17). The van der Waals surface area contributed by atoms with Crippen LogP contribution in [0.25, 0.3) is 0 Å². The van der Waals surface area contributed by atoms with Gasteiger partial charge in [-0.15, -0.1) is 0 Å². The Bertz CT molecular complexity index is 592. The summed E-state index contributed by atoms with van der Waals surface area (Å²) >= 11 is 0. The number of hydrogen-bond acceptors (Lipinski definition) is 4. The normalized spacial score (nSPS) is 10.1. The highest BCUT2D eigenvalue weighted by atomic mass is 16.4. The molecule has 0 aromatic carbocycles. The number of carbonyl (C=O) groups is 1. The molecule has 6 heteroatoms. The van der Waals surface area contributed by atoms with Crippen molar-refractivity contribution in [2.75, 3.05) is 0 Å². The van der Waals surface area contributed by atoms with Crippen LogP contribution >= 0.6 is 0 Å². The molecule has 86 valence electrons.